The lowest BCUT2D eigenvalue weighted by Crippen LogP contribution is -2.60. The lowest BCUT2D eigenvalue weighted by molar-refractivity contribution is -0.161. The summed E-state index contributed by atoms with van der Waals surface area (Å²) in [6.45, 7) is 12.3. The summed E-state index contributed by atoms with van der Waals surface area (Å²) in [6, 6.07) is 0. The van der Waals surface area contributed by atoms with Crippen molar-refractivity contribution in [2.45, 2.75) is 123 Å². The molecule has 2 N–H and O–H groups in total. The first-order valence-corrected chi connectivity index (χ1v) is 12.2. The fourth-order valence-electron chi connectivity index (χ4n) is 6.01. The summed E-state index contributed by atoms with van der Waals surface area (Å²) in [5.74, 6) is -0.943. The Kier molecular flexibility index (Phi) is 9.85. The number of likely N-dealkylation sites (N-methyl/N-ethyl adjacent to an activating group) is 1. The van der Waals surface area contributed by atoms with Crippen molar-refractivity contribution in [3.63, 3.8) is 0 Å². The molecular weight excluding hydrogens is 378 g/mol. The van der Waals surface area contributed by atoms with Gasteiger partial charge < -0.3 is 10.2 Å². The van der Waals surface area contributed by atoms with Crippen molar-refractivity contribution in [1.29, 1.82) is 0 Å². The van der Waals surface area contributed by atoms with Crippen molar-refractivity contribution in [3.05, 3.63) is 0 Å². The number of unbranched alkanes of at least 4 members (excludes halogenated alkanes) is 2. The van der Waals surface area contributed by atoms with Gasteiger partial charge in [0.05, 0.1) is 0 Å². The van der Waals surface area contributed by atoms with Crippen molar-refractivity contribution < 1.29 is 19.8 Å². The SMILES string of the molecule is CCCCC(CC)CC1(CC(CC)CCCC)CC(C)(C(=O)O)N(C)C1(C)C(=O)O. The van der Waals surface area contributed by atoms with Gasteiger partial charge in [-0.25, -0.2) is 0 Å². The zero-order valence-corrected chi connectivity index (χ0v) is 20.6. The van der Waals surface area contributed by atoms with Crippen LogP contribution in [-0.2, 0) is 9.59 Å². The molecule has 4 unspecified atom stereocenters. The fraction of sp³-hybridized carbons (Fsp3) is 0.920. The third-order valence-corrected chi connectivity index (χ3v) is 8.45. The van der Waals surface area contributed by atoms with Crippen molar-refractivity contribution >= 4 is 11.9 Å². The van der Waals surface area contributed by atoms with Crippen LogP contribution in [0.2, 0.25) is 0 Å². The molecule has 0 aliphatic carbocycles. The van der Waals surface area contributed by atoms with Crippen LogP contribution in [-0.4, -0.2) is 45.2 Å². The zero-order valence-electron chi connectivity index (χ0n) is 20.6. The van der Waals surface area contributed by atoms with E-state index in [9.17, 15) is 19.8 Å². The molecule has 0 bridgehead atoms. The molecule has 176 valence electrons. The van der Waals surface area contributed by atoms with Gasteiger partial charge in [-0.05, 0) is 52.0 Å². The summed E-state index contributed by atoms with van der Waals surface area (Å²) in [5.41, 5.74) is -2.91. The Morgan fingerprint density at radius 2 is 1.30 bits per heavy atom. The largest absolute Gasteiger partial charge is 0.480 e. The Balaban J connectivity index is 3.54. The summed E-state index contributed by atoms with van der Waals surface area (Å²) in [6.07, 6.45) is 10.7. The normalized spacial score (nSPS) is 31.6. The summed E-state index contributed by atoms with van der Waals surface area (Å²) in [7, 11) is 1.71. The molecule has 30 heavy (non-hydrogen) atoms. The van der Waals surface area contributed by atoms with Crippen LogP contribution in [0.3, 0.4) is 0 Å². The minimum atomic E-state index is -1.20. The van der Waals surface area contributed by atoms with Crippen molar-refractivity contribution in [2.75, 3.05) is 7.05 Å². The van der Waals surface area contributed by atoms with Gasteiger partial charge in [0.15, 0.2) is 0 Å². The van der Waals surface area contributed by atoms with Crippen LogP contribution >= 0.6 is 0 Å². The van der Waals surface area contributed by atoms with Crippen LogP contribution in [0.5, 0.6) is 0 Å². The molecule has 0 radical (unpaired) electrons. The highest BCUT2D eigenvalue weighted by Gasteiger charge is 2.69. The molecule has 4 atom stereocenters. The predicted octanol–water partition coefficient (Wildman–Crippen LogP) is 6.21. The molecule has 0 saturated carbocycles. The Morgan fingerprint density at radius 1 is 0.867 bits per heavy atom. The first-order chi connectivity index (χ1) is 14.0. The molecular formula is C25H47NO4. The number of carboxylic acids is 2. The summed E-state index contributed by atoms with van der Waals surface area (Å²) in [4.78, 5) is 26.8. The van der Waals surface area contributed by atoms with E-state index in [2.05, 4.69) is 27.7 Å². The number of carbonyl (C=O) groups is 2. The molecule has 5 heteroatoms. The van der Waals surface area contributed by atoms with Crippen molar-refractivity contribution in [1.82, 2.24) is 4.90 Å². The maximum absolute atomic E-state index is 12.8. The van der Waals surface area contributed by atoms with Crippen LogP contribution in [0.15, 0.2) is 0 Å². The number of hydrogen-bond donors (Lipinski definition) is 2. The van der Waals surface area contributed by atoms with E-state index in [4.69, 9.17) is 0 Å². The second-order valence-corrected chi connectivity index (χ2v) is 10.2. The number of hydrogen-bond acceptors (Lipinski definition) is 3. The Labute approximate surface area is 184 Å². The maximum atomic E-state index is 12.8. The predicted molar refractivity (Wildman–Crippen MR) is 123 cm³/mol. The summed E-state index contributed by atoms with van der Waals surface area (Å²) < 4.78 is 0. The molecule has 0 spiro atoms. The molecule has 1 rings (SSSR count). The number of likely N-dealkylation sites (tertiary alicyclic amines) is 1. The third kappa shape index (κ3) is 5.03. The molecule has 1 saturated heterocycles. The number of rotatable bonds is 14. The van der Waals surface area contributed by atoms with Crippen LogP contribution in [0, 0.1) is 17.3 Å². The van der Waals surface area contributed by atoms with Crippen LogP contribution < -0.4 is 0 Å². The topological polar surface area (TPSA) is 77.8 Å². The zero-order chi connectivity index (χ0) is 23.2. The second kappa shape index (κ2) is 11.0. The highest BCUT2D eigenvalue weighted by molar-refractivity contribution is 5.86. The Hall–Kier alpha value is -1.10. The monoisotopic (exact) mass is 425 g/mol. The average molecular weight is 426 g/mol. The lowest BCUT2D eigenvalue weighted by atomic mass is 9.59. The van der Waals surface area contributed by atoms with E-state index in [1.165, 1.54) is 0 Å². The Bertz CT molecular complexity index is 559. The van der Waals surface area contributed by atoms with Gasteiger partial charge in [-0.2, -0.15) is 0 Å². The smallest absolute Gasteiger partial charge is 0.324 e. The average Bonchev–Trinajstić information content (AvgIpc) is 2.88. The minimum Gasteiger partial charge on any atom is -0.480 e. The highest BCUT2D eigenvalue weighted by atomic mass is 16.4. The second-order valence-electron chi connectivity index (χ2n) is 10.2. The molecule has 0 amide bonds. The van der Waals surface area contributed by atoms with Gasteiger partial charge in [0.1, 0.15) is 11.1 Å². The van der Waals surface area contributed by atoms with Gasteiger partial charge in [0, 0.05) is 5.41 Å². The molecule has 1 aliphatic heterocycles. The third-order valence-electron chi connectivity index (χ3n) is 8.45. The van der Waals surface area contributed by atoms with Crippen molar-refractivity contribution in [3.8, 4) is 0 Å². The molecule has 1 aliphatic rings. The fourth-order valence-corrected chi connectivity index (χ4v) is 6.01. The van der Waals surface area contributed by atoms with E-state index >= 15 is 0 Å². The van der Waals surface area contributed by atoms with E-state index < -0.39 is 28.4 Å². The highest BCUT2D eigenvalue weighted by Crippen LogP contribution is 2.60. The maximum Gasteiger partial charge on any atom is 0.324 e. The van der Waals surface area contributed by atoms with Gasteiger partial charge in [0.2, 0.25) is 0 Å². The minimum absolute atomic E-state index is 0.403. The van der Waals surface area contributed by atoms with Crippen LogP contribution in [0.1, 0.15) is 112 Å². The summed E-state index contributed by atoms with van der Waals surface area (Å²) >= 11 is 0. The standard InChI is InChI=1S/C25H47NO4/c1-8-12-14-19(10-3)16-25(17-20(11-4)15-13-9-2)18-23(5,21(27)28)26(7)24(25,6)22(29)30/h19-20H,8-18H2,1-7H3,(H,27,28)(H,29,30). The van der Waals surface area contributed by atoms with E-state index in [1.807, 2.05) is 0 Å². The van der Waals surface area contributed by atoms with Crippen LogP contribution in [0.25, 0.3) is 0 Å². The first-order valence-electron chi connectivity index (χ1n) is 12.2. The van der Waals surface area contributed by atoms with E-state index in [0.717, 1.165) is 64.2 Å². The van der Waals surface area contributed by atoms with Crippen LogP contribution in [0.4, 0.5) is 0 Å². The Morgan fingerprint density at radius 3 is 1.60 bits per heavy atom. The van der Waals surface area contributed by atoms with E-state index in [-0.39, 0.29) is 0 Å². The number of nitrogens with zero attached hydrogens (tertiary/aromatic N) is 1. The van der Waals surface area contributed by atoms with Crippen molar-refractivity contribution in [2.24, 2.45) is 17.3 Å². The molecule has 1 heterocycles. The molecule has 1 fully saturated rings. The van der Waals surface area contributed by atoms with Gasteiger partial charge in [-0.15, -0.1) is 0 Å². The summed E-state index contributed by atoms with van der Waals surface area (Å²) in [5, 5.41) is 20.6. The molecule has 5 nitrogen and oxygen atoms in total. The first kappa shape index (κ1) is 26.9. The van der Waals surface area contributed by atoms with E-state index in [1.54, 1.807) is 25.8 Å². The van der Waals surface area contributed by atoms with Gasteiger partial charge in [-0.1, -0.05) is 79.1 Å². The molecule has 0 aromatic carbocycles. The quantitative estimate of drug-likeness (QED) is 0.346. The molecule has 0 aromatic rings. The van der Waals surface area contributed by atoms with E-state index in [0.29, 0.717) is 18.3 Å². The number of aliphatic carboxylic acids is 2. The van der Waals surface area contributed by atoms with Gasteiger partial charge >= 0.3 is 11.9 Å². The molecule has 0 aromatic heterocycles. The van der Waals surface area contributed by atoms with Gasteiger partial charge in [-0.3, -0.25) is 14.5 Å². The number of carboxylic acid groups (broad SMARTS) is 2. The lowest BCUT2D eigenvalue weighted by Gasteiger charge is -2.47. The van der Waals surface area contributed by atoms with Gasteiger partial charge in [0.25, 0.3) is 0 Å².